The molecule has 0 bridgehead atoms. The summed E-state index contributed by atoms with van der Waals surface area (Å²) in [4.78, 5) is 34.9. The van der Waals surface area contributed by atoms with Gasteiger partial charge in [-0.25, -0.2) is 19.6 Å². The van der Waals surface area contributed by atoms with Gasteiger partial charge in [-0.05, 0) is 85.6 Å². The van der Waals surface area contributed by atoms with Gasteiger partial charge in [-0.3, -0.25) is 19.6 Å². The fraction of sp³-hybridized carbons (Fsp3) is 0.474. The average Bonchev–Trinajstić information content (AvgIpc) is 3.77. The molecule has 0 aliphatic carbocycles. The van der Waals surface area contributed by atoms with E-state index in [1.807, 2.05) is 10.0 Å². The maximum absolute atomic E-state index is 14.7. The van der Waals surface area contributed by atoms with Crippen molar-refractivity contribution < 1.29 is 41.5 Å². The van der Waals surface area contributed by atoms with Crippen LogP contribution in [0, 0.1) is 11.6 Å². The van der Waals surface area contributed by atoms with Gasteiger partial charge in [0.25, 0.3) is 23.4 Å². The zero-order valence-corrected chi connectivity index (χ0v) is 34.3. The van der Waals surface area contributed by atoms with Crippen molar-refractivity contribution in [3.05, 3.63) is 69.0 Å². The van der Waals surface area contributed by atoms with Crippen molar-refractivity contribution in [3.63, 3.8) is 0 Å². The van der Waals surface area contributed by atoms with Gasteiger partial charge in [-0.1, -0.05) is 36.7 Å². The number of aliphatic imine (C=N–C) groups is 2. The molecular weight excluding hydrogens is 786 g/mol. The first-order valence-corrected chi connectivity index (χ1v) is 21.6. The average molecular weight is 832 g/mol. The Kier molecular flexibility index (Phi) is 14.0. The van der Waals surface area contributed by atoms with E-state index in [0.29, 0.717) is 31.3 Å². The SMILES string of the molecule is CCC(CC)(Oc1cc(F)ccc1C=C1SC(N2CCCCN2)=NC1=O)O[P+](=O)OC(CC)(CC)Oc1cc(F)ccc1C=C1SC(N2CCCCN2)=NC1=O. The normalized spacial score (nSPS) is 19.9. The number of amides is 2. The van der Waals surface area contributed by atoms with Gasteiger partial charge in [0, 0.05) is 79.7 Å². The van der Waals surface area contributed by atoms with E-state index in [0.717, 1.165) is 51.9 Å². The molecule has 6 rings (SSSR count). The van der Waals surface area contributed by atoms with Crippen LogP contribution in [0.2, 0.25) is 0 Å². The fourth-order valence-electron chi connectivity index (χ4n) is 6.22. The number of hydrazine groups is 2. The summed E-state index contributed by atoms with van der Waals surface area (Å²) in [7, 11) is -2.97. The molecule has 0 aromatic heterocycles. The Bertz CT molecular complexity index is 1810. The Hall–Kier alpha value is -3.70. The zero-order valence-electron chi connectivity index (χ0n) is 31.8. The third-order valence-electron chi connectivity index (χ3n) is 9.66. The fourth-order valence-corrected chi connectivity index (χ4v) is 9.21. The summed E-state index contributed by atoms with van der Waals surface area (Å²) >= 11 is 2.42. The van der Waals surface area contributed by atoms with E-state index in [2.05, 4.69) is 20.8 Å². The maximum Gasteiger partial charge on any atom is 0.705 e. The Labute approximate surface area is 334 Å². The van der Waals surface area contributed by atoms with Crippen molar-refractivity contribution >= 4 is 66.1 Å². The van der Waals surface area contributed by atoms with Crippen LogP contribution >= 0.6 is 31.8 Å². The third kappa shape index (κ3) is 10.0. The van der Waals surface area contributed by atoms with Gasteiger partial charge in [0.05, 0.1) is 9.81 Å². The lowest BCUT2D eigenvalue weighted by Gasteiger charge is -2.30. The van der Waals surface area contributed by atoms with Crippen molar-refractivity contribution in [3.8, 4) is 11.5 Å². The Morgan fingerprint density at radius 2 is 1.12 bits per heavy atom. The minimum Gasteiger partial charge on any atom is -0.457 e. The summed E-state index contributed by atoms with van der Waals surface area (Å²) in [5.41, 5.74) is 7.28. The number of hydrogen-bond donors (Lipinski definition) is 2. The molecule has 13 nitrogen and oxygen atoms in total. The van der Waals surface area contributed by atoms with Crippen molar-refractivity contribution in [2.75, 3.05) is 26.2 Å². The van der Waals surface area contributed by atoms with Gasteiger partial charge in [0.1, 0.15) is 23.1 Å². The first-order valence-electron chi connectivity index (χ1n) is 18.9. The van der Waals surface area contributed by atoms with E-state index in [-0.39, 0.29) is 37.2 Å². The third-order valence-corrected chi connectivity index (χ3v) is 12.6. The van der Waals surface area contributed by atoms with E-state index in [9.17, 15) is 22.9 Å². The van der Waals surface area contributed by atoms with Crippen molar-refractivity contribution in [1.29, 1.82) is 0 Å². The molecule has 300 valence electrons. The van der Waals surface area contributed by atoms with E-state index in [1.165, 1.54) is 59.9 Å². The molecule has 2 fully saturated rings. The lowest BCUT2D eigenvalue weighted by molar-refractivity contribution is -0.155. The van der Waals surface area contributed by atoms with Crippen LogP contribution in [-0.4, -0.2) is 69.9 Å². The lowest BCUT2D eigenvalue weighted by atomic mass is 10.1. The maximum atomic E-state index is 14.7. The number of nitrogens with zero attached hydrogens (tertiary/aromatic N) is 4. The number of carbonyl (C=O) groups is 2. The summed E-state index contributed by atoms with van der Waals surface area (Å²) < 4.78 is 68.0. The standard InChI is InChI=1S/C38H46F2N6O7PS2/c1-5-37(6-2,50-29-23-27(39)15-13-25(29)21-31-33(47)43-35(55-31)45-19-11-9-17-41-45)52-54(49)53-38(7-3,8-4)51-30-24-28(40)16-14-26(30)22-32-34(48)44-36(56-32)46-20-12-10-18-42-46/h13-16,21-24,41-42H,5-12,17-20H2,1-4H3/q+1. The summed E-state index contributed by atoms with van der Waals surface area (Å²) in [6.07, 6.45) is 7.90. The van der Waals surface area contributed by atoms with Crippen LogP contribution in [0.4, 0.5) is 8.78 Å². The lowest BCUT2D eigenvalue weighted by Crippen LogP contribution is -2.45. The minimum absolute atomic E-state index is 0.0658. The topological polar surface area (TPSA) is 143 Å². The molecule has 4 heterocycles. The Morgan fingerprint density at radius 1 is 0.714 bits per heavy atom. The minimum atomic E-state index is -2.97. The molecule has 0 spiro atoms. The van der Waals surface area contributed by atoms with Crippen molar-refractivity contribution in [1.82, 2.24) is 20.9 Å². The molecule has 0 unspecified atom stereocenters. The number of ether oxygens (including phenoxy) is 2. The van der Waals surface area contributed by atoms with Crippen molar-refractivity contribution in [2.45, 2.75) is 90.6 Å². The Morgan fingerprint density at radius 3 is 1.48 bits per heavy atom. The van der Waals surface area contributed by atoms with Crippen molar-refractivity contribution in [2.24, 2.45) is 9.98 Å². The van der Waals surface area contributed by atoms with E-state index in [1.54, 1.807) is 39.8 Å². The molecule has 2 amide bonds. The van der Waals surface area contributed by atoms with Crippen LogP contribution in [0.25, 0.3) is 12.2 Å². The van der Waals surface area contributed by atoms with Gasteiger partial charge in [-0.15, -0.1) is 0 Å². The van der Waals surface area contributed by atoms with Gasteiger partial charge in [0.2, 0.25) is 0 Å². The predicted octanol–water partition coefficient (Wildman–Crippen LogP) is 8.29. The predicted molar refractivity (Wildman–Crippen MR) is 214 cm³/mol. The second-order valence-electron chi connectivity index (χ2n) is 13.4. The molecule has 0 saturated carbocycles. The molecule has 18 heteroatoms. The Balaban J connectivity index is 1.18. The second-order valence-corrected chi connectivity index (χ2v) is 16.2. The first-order chi connectivity index (χ1) is 27.0. The molecule has 56 heavy (non-hydrogen) atoms. The smallest absolute Gasteiger partial charge is 0.457 e. The molecule has 2 N–H and O–H groups in total. The van der Waals surface area contributed by atoms with Crippen LogP contribution in [-0.2, 0) is 23.2 Å². The quantitative estimate of drug-likeness (QED) is 0.107. The number of nitrogens with one attached hydrogen (secondary N) is 2. The van der Waals surface area contributed by atoms with E-state index in [4.69, 9.17) is 18.5 Å². The van der Waals surface area contributed by atoms with Gasteiger partial charge < -0.3 is 9.47 Å². The molecule has 2 aromatic rings. The number of rotatable bonds is 14. The highest BCUT2D eigenvalue weighted by Gasteiger charge is 2.48. The van der Waals surface area contributed by atoms with Crippen LogP contribution in [0.15, 0.2) is 56.2 Å². The monoisotopic (exact) mass is 831 g/mol. The van der Waals surface area contributed by atoms with Gasteiger partial charge in [-0.2, -0.15) is 9.98 Å². The summed E-state index contributed by atoms with van der Waals surface area (Å²) in [5, 5.41) is 4.79. The van der Waals surface area contributed by atoms with Gasteiger partial charge in [0.15, 0.2) is 10.3 Å². The molecular formula is C38H46F2N6O7PS2+. The van der Waals surface area contributed by atoms with Crippen LogP contribution in [0.1, 0.15) is 90.2 Å². The number of amidine groups is 2. The van der Waals surface area contributed by atoms with Gasteiger partial charge >= 0.3 is 8.25 Å². The highest BCUT2D eigenvalue weighted by atomic mass is 32.2. The van der Waals surface area contributed by atoms with Crippen LogP contribution < -0.4 is 20.3 Å². The number of thioether (sulfide) groups is 2. The molecule has 4 aliphatic heterocycles. The molecule has 2 aromatic carbocycles. The number of benzene rings is 2. The number of carbonyl (C=O) groups excluding carboxylic acids is 2. The second kappa shape index (κ2) is 18.7. The summed E-state index contributed by atoms with van der Waals surface area (Å²) in [5.74, 6) is -4.99. The van der Waals surface area contributed by atoms with E-state index >= 15 is 0 Å². The number of halogens is 2. The summed E-state index contributed by atoms with van der Waals surface area (Å²) in [6.45, 7) is 10.1. The van der Waals surface area contributed by atoms with E-state index < -0.39 is 43.3 Å². The zero-order chi connectivity index (χ0) is 39.9. The molecule has 0 atom stereocenters. The number of hydrogen-bond acceptors (Lipinski definition) is 13. The molecule has 4 aliphatic rings. The van der Waals surface area contributed by atoms with Crippen LogP contribution in [0.5, 0.6) is 11.5 Å². The molecule has 0 radical (unpaired) electrons. The largest absolute Gasteiger partial charge is 0.705 e. The summed E-state index contributed by atoms with van der Waals surface area (Å²) in [6, 6.07) is 7.85. The van der Waals surface area contributed by atoms with Crippen LogP contribution in [0.3, 0.4) is 0 Å². The highest BCUT2D eigenvalue weighted by Crippen LogP contribution is 2.45. The first kappa shape index (κ1) is 41.9. The molecule has 2 saturated heterocycles. The highest BCUT2D eigenvalue weighted by molar-refractivity contribution is 8.18.